The first kappa shape index (κ1) is 14.6. The van der Waals surface area contributed by atoms with Crippen LogP contribution in [0.25, 0.3) is 5.82 Å². The van der Waals surface area contributed by atoms with Crippen molar-refractivity contribution in [2.24, 2.45) is 0 Å². The Balaban J connectivity index is 1.61. The lowest BCUT2D eigenvalue weighted by Crippen LogP contribution is -2.46. The maximum absolute atomic E-state index is 12.4. The largest absolute Gasteiger partial charge is 0.379 e. The van der Waals surface area contributed by atoms with Gasteiger partial charge in [-0.1, -0.05) is 0 Å². The van der Waals surface area contributed by atoms with E-state index in [0.717, 1.165) is 32.8 Å². The third kappa shape index (κ3) is 3.28. The van der Waals surface area contributed by atoms with Crippen LogP contribution in [0.1, 0.15) is 17.3 Å². The van der Waals surface area contributed by atoms with Crippen LogP contribution >= 0.6 is 0 Å². The number of nitrogens with one attached hydrogen (secondary N) is 2. The zero-order valence-corrected chi connectivity index (χ0v) is 12.3. The normalized spacial score (nSPS) is 17.3. The Morgan fingerprint density at radius 1 is 1.50 bits per heavy atom. The van der Waals surface area contributed by atoms with E-state index in [1.165, 1.54) is 17.2 Å². The number of aromatic amines is 1. The van der Waals surface area contributed by atoms with Crippen molar-refractivity contribution in [3.63, 3.8) is 0 Å². The molecule has 1 atom stereocenters. The standard InChI is InChI=1S/C12H18N8O2/c1-9(7-19-2-4-22-5-3-19)15-12(21)10-6-13-16-11(10)20-8-14-17-18-20/h6,8-9H,2-5,7H2,1H3,(H,13,16)(H,15,21)/t9-/m0/s1. The van der Waals surface area contributed by atoms with E-state index in [2.05, 4.69) is 35.9 Å². The fraction of sp³-hybridized carbons (Fsp3) is 0.583. The summed E-state index contributed by atoms with van der Waals surface area (Å²) in [6, 6.07) is 0.0159. The molecule has 3 heterocycles. The summed E-state index contributed by atoms with van der Waals surface area (Å²) in [5.41, 5.74) is 0.404. The molecule has 1 fully saturated rings. The molecule has 22 heavy (non-hydrogen) atoms. The zero-order chi connectivity index (χ0) is 15.4. The van der Waals surface area contributed by atoms with Crippen LogP contribution in [0.3, 0.4) is 0 Å². The van der Waals surface area contributed by atoms with E-state index in [1.807, 2.05) is 6.92 Å². The molecule has 0 aliphatic carbocycles. The third-order valence-corrected chi connectivity index (χ3v) is 3.46. The maximum atomic E-state index is 12.4. The summed E-state index contributed by atoms with van der Waals surface area (Å²) < 4.78 is 6.69. The molecule has 10 heteroatoms. The first-order valence-corrected chi connectivity index (χ1v) is 7.11. The first-order chi connectivity index (χ1) is 10.7. The fourth-order valence-corrected chi connectivity index (χ4v) is 2.40. The average molecular weight is 306 g/mol. The summed E-state index contributed by atoms with van der Waals surface area (Å²) in [6.45, 7) is 6.03. The fourth-order valence-electron chi connectivity index (χ4n) is 2.40. The first-order valence-electron chi connectivity index (χ1n) is 7.11. The number of hydrogen-bond acceptors (Lipinski definition) is 7. The predicted octanol–water partition coefficient (Wildman–Crippen LogP) is -1.16. The third-order valence-electron chi connectivity index (χ3n) is 3.46. The maximum Gasteiger partial charge on any atom is 0.257 e. The number of aromatic nitrogens is 6. The minimum absolute atomic E-state index is 0.0159. The number of ether oxygens (including phenoxy) is 1. The number of rotatable bonds is 5. The number of carbonyl (C=O) groups excluding carboxylic acids is 1. The minimum Gasteiger partial charge on any atom is -0.379 e. The average Bonchev–Trinajstić information content (AvgIpc) is 3.19. The van der Waals surface area contributed by atoms with Gasteiger partial charge in [-0.15, -0.1) is 5.10 Å². The van der Waals surface area contributed by atoms with Crippen molar-refractivity contribution in [2.75, 3.05) is 32.8 Å². The molecule has 10 nitrogen and oxygen atoms in total. The molecule has 3 rings (SSSR count). The number of hydrogen-bond donors (Lipinski definition) is 2. The van der Waals surface area contributed by atoms with Gasteiger partial charge in [0.2, 0.25) is 0 Å². The van der Waals surface area contributed by atoms with Gasteiger partial charge in [-0.25, -0.2) is 0 Å². The molecular weight excluding hydrogens is 288 g/mol. The SMILES string of the molecule is C[C@@H](CN1CCOCC1)NC(=O)c1cn[nH]c1-n1cnnn1. The topological polar surface area (TPSA) is 114 Å². The molecule has 2 N–H and O–H groups in total. The van der Waals surface area contributed by atoms with Gasteiger partial charge < -0.3 is 10.1 Å². The molecule has 1 saturated heterocycles. The van der Waals surface area contributed by atoms with E-state index in [-0.39, 0.29) is 11.9 Å². The Kier molecular flexibility index (Phi) is 4.39. The highest BCUT2D eigenvalue weighted by atomic mass is 16.5. The van der Waals surface area contributed by atoms with Crippen molar-refractivity contribution in [1.82, 2.24) is 40.6 Å². The molecule has 1 amide bonds. The molecule has 1 aliphatic rings. The van der Waals surface area contributed by atoms with Gasteiger partial charge in [-0.3, -0.25) is 14.8 Å². The number of amides is 1. The molecule has 0 radical (unpaired) electrons. The lowest BCUT2D eigenvalue weighted by Gasteiger charge is -2.29. The van der Waals surface area contributed by atoms with Gasteiger partial charge in [0.15, 0.2) is 5.82 Å². The molecule has 0 aromatic carbocycles. The molecule has 0 bridgehead atoms. The highest BCUT2D eigenvalue weighted by Gasteiger charge is 2.20. The van der Waals surface area contributed by atoms with Crippen LogP contribution in [0.5, 0.6) is 0 Å². The summed E-state index contributed by atoms with van der Waals surface area (Å²) in [7, 11) is 0. The van der Waals surface area contributed by atoms with Crippen LogP contribution in [0.15, 0.2) is 12.5 Å². The Morgan fingerprint density at radius 2 is 2.32 bits per heavy atom. The molecule has 1 aliphatic heterocycles. The molecule has 118 valence electrons. The molecular formula is C12H18N8O2. The Morgan fingerprint density at radius 3 is 3.05 bits per heavy atom. The zero-order valence-electron chi connectivity index (χ0n) is 12.3. The van der Waals surface area contributed by atoms with E-state index in [1.54, 1.807) is 0 Å². The van der Waals surface area contributed by atoms with Crippen molar-refractivity contribution in [2.45, 2.75) is 13.0 Å². The minimum atomic E-state index is -0.208. The summed E-state index contributed by atoms with van der Waals surface area (Å²) >= 11 is 0. The smallest absolute Gasteiger partial charge is 0.257 e. The van der Waals surface area contributed by atoms with E-state index in [9.17, 15) is 4.79 Å². The summed E-state index contributed by atoms with van der Waals surface area (Å²) in [5.74, 6) is 0.237. The molecule has 2 aromatic rings. The highest BCUT2D eigenvalue weighted by molar-refractivity contribution is 5.97. The number of carbonyl (C=O) groups is 1. The lowest BCUT2D eigenvalue weighted by molar-refractivity contribution is 0.0342. The van der Waals surface area contributed by atoms with Crippen molar-refractivity contribution < 1.29 is 9.53 Å². The van der Waals surface area contributed by atoms with Gasteiger partial charge in [-0.05, 0) is 17.4 Å². The van der Waals surface area contributed by atoms with E-state index < -0.39 is 0 Å². The predicted molar refractivity (Wildman–Crippen MR) is 75.5 cm³/mol. The van der Waals surface area contributed by atoms with Crippen molar-refractivity contribution in [1.29, 1.82) is 0 Å². The molecule has 0 saturated carbocycles. The van der Waals surface area contributed by atoms with E-state index in [0.29, 0.717) is 11.4 Å². The van der Waals surface area contributed by atoms with Gasteiger partial charge in [0.1, 0.15) is 11.9 Å². The van der Waals surface area contributed by atoms with Crippen LogP contribution in [-0.4, -0.2) is 80.1 Å². The Labute approximate surface area is 126 Å². The van der Waals surface area contributed by atoms with Crippen molar-refractivity contribution in [3.05, 3.63) is 18.1 Å². The van der Waals surface area contributed by atoms with Gasteiger partial charge >= 0.3 is 0 Å². The van der Waals surface area contributed by atoms with Gasteiger partial charge in [0.25, 0.3) is 5.91 Å². The quantitative estimate of drug-likeness (QED) is 0.716. The number of H-pyrrole nitrogens is 1. The summed E-state index contributed by atoms with van der Waals surface area (Å²) in [5, 5.41) is 20.4. The van der Waals surface area contributed by atoms with Crippen molar-refractivity contribution in [3.8, 4) is 5.82 Å². The van der Waals surface area contributed by atoms with Crippen LogP contribution in [-0.2, 0) is 4.74 Å². The second kappa shape index (κ2) is 6.62. The molecule has 0 spiro atoms. The molecule has 2 aromatic heterocycles. The molecule has 0 unspecified atom stereocenters. The van der Waals surface area contributed by atoms with Crippen LogP contribution in [0.2, 0.25) is 0 Å². The van der Waals surface area contributed by atoms with E-state index in [4.69, 9.17) is 4.74 Å². The Hall–Kier alpha value is -2.33. The van der Waals surface area contributed by atoms with Crippen LogP contribution in [0.4, 0.5) is 0 Å². The number of nitrogens with zero attached hydrogens (tertiary/aromatic N) is 6. The van der Waals surface area contributed by atoms with Gasteiger partial charge in [-0.2, -0.15) is 9.78 Å². The number of morpholine rings is 1. The lowest BCUT2D eigenvalue weighted by atomic mass is 10.2. The second-order valence-corrected chi connectivity index (χ2v) is 5.17. The van der Waals surface area contributed by atoms with E-state index >= 15 is 0 Å². The summed E-state index contributed by atoms with van der Waals surface area (Å²) in [6.07, 6.45) is 2.87. The van der Waals surface area contributed by atoms with Crippen LogP contribution < -0.4 is 5.32 Å². The van der Waals surface area contributed by atoms with Gasteiger partial charge in [0, 0.05) is 25.7 Å². The second-order valence-electron chi connectivity index (χ2n) is 5.17. The van der Waals surface area contributed by atoms with Crippen molar-refractivity contribution >= 4 is 5.91 Å². The number of tetrazole rings is 1. The monoisotopic (exact) mass is 306 g/mol. The van der Waals surface area contributed by atoms with Gasteiger partial charge in [0.05, 0.1) is 19.4 Å². The summed E-state index contributed by atoms with van der Waals surface area (Å²) in [4.78, 5) is 14.6. The highest BCUT2D eigenvalue weighted by Crippen LogP contribution is 2.09. The Bertz CT molecular complexity index is 604. The van der Waals surface area contributed by atoms with Crippen LogP contribution in [0, 0.1) is 0 Å².